The molecule has 1 aliphatic carbocycles. The van der Waals surface area contributed by atoms with Crippen molar-refractivity contribution >= 4 is 11.9 Å². The Labute approximate surface area is 215 Å². The molecule has 0 unspecified atom stereocenters. The molecule has 3 atom stereocenters. The summed E-state index contributed by atoms with van der Waals surface area (Å²) < 4.78 is 75.8. The van der Waals surface area contributed by atoms with Crippen molar-refractivity contribution in [3.8, 4) is 0 Å². The van der Waals surface area contributed by atoms with Crippen LogP contribution in [0.3, 0.4) is 0 Å². The van der Waals surface area contributed by atoms with Crippen LogP contribution in [-0.4, -0.2) is 107 Å². The smallest absolute Gasteiger partial charge is 0.475 e. The highest BCUT2D eigenvalue weighted by Gasteiger charge is 2.43. The minimum absolute atomic E-state index is 0.244. The molecule has 216 valence electrons. The molecule has 2 saturated heterocycles. The number of ether oxygens (including phenoxy) is 2. The second-order valence-electron chi connectivity index (χ2n) is 8.88. The zero-order valence-corrected chi connectivity index (χ0v) is 20.5. The molecule has 0 radical (unpaired) electrons. The molecule has 0 aromatic carbocycles. The lowest BCUT2D eigenvalue weighted by atomic mass is 10.1. The number of fused-ring (bicyclic) bond motifs is 1. The van der Waals surface area contributed by atoms with Gasteiger partial charge >= 0.3 is 24.3 Å². The molecule has 3 fully saturated rings. The van der Waals surface area contributed by atoms with Gasteiger partial charge in [0.05, 0.1) is 25.4 Å². The van der Waals surface area contributed by atoms with Crippen molar-refractivity contribution in [2.75, 3.05) is 39.4 Å². The standard InChI is InChI=1S/C19H29N3O2.2C2HF3O2/c1-2-9-21(8-1)10-12-23-18-6-5-17-19(18)24-13-11-22(17)15-16-4-3-7-20-14-16;2*3-2(4,5)1(6)7/h3-4,7,14,17-19H,1-2,5-6,8-13,15H2;2*(H,6,7)/t17-,18+,19+;;/m0../s1. The number of halogens is 6. The van der Waals surface area contributed by atoms with E-state index in [0.717, 1.165) is 39.3 Å². The van der Waals surface area contributed by atoms with Gasteiger partial charge in [-0.05, 0) is 50.4 Å². The Morgan fingerprint density at radius 2 is 1.63 bits per heavy atom. The van der Waals surface area contributed by atoms with Crippen molar-refractivity contribution in [1.29, 1.82) is 0 Å². The van der Waals surface area contributed by atoms with E-state index in [-0.39, 0.29) is 12.2 Å². The maximum atomic E-state index is 10.6. The average Bonchev–Trinajstić information content (AvgIpc) is 3.50. The van der Waals surface area contributed by atoms with Crippen molar-refractivity contribution in [1.82, 2.24) is 14.8 Å². The Morgan fingerprint density at radius 1 is 1.03 bits per heavy atom. The molecule has 0 amide bonds. The number of alkyl halides is 6. The van der Waals surface area contributed by atoms with Crippen LogP contribution in [0.1, 0.15) is 31.2 Å². The number of morpholine rings is 1. The van der Waals surface area contributed by atoms with Gasteiger partial charge < -0.3 is 24.6 Å². The fourth-order valence-corrected chi connectivity index (χ4v) is 4.43. The van der Waals surface area contributed by atoms with Crippen LogP contribution < -0.4 is 0 Å². The van der Waals surface area contributed by atoms with Gasteiger partial charge in [0.15, 0.2) is 0 Å². The van der Waals surface area contributed by atoms with E-state index in [1.807, 2.05) is 18.5 Å². The van der Waals surface area contributed by atoms with Crippen molar-refractivity contribution in [3.63, 3.8) is 0 Å². The molecular weight excluding hydrogens is 528 g/mol. The second kappa shape index (κ2) is 14.6. The molecular formula is C23H31F6N3O6. The molecule has 1 aromatic rings. The number of carboxylic acid groups (broad SMARTS) is 2. The van der Waals surface area contributed by atoms with E-state index >= 15 is 0 Å². The summed E-state index contributed by atoms with van der Waals surface area (Å²) in [5, 5.41) is 14.2. The third-order valence-corrected chi connectivity index (χ3v) is 6.18. The summed E-state index contributed by atoms with van der Waals surface area (Å²) in [6.07, 6.45) is -0.836. The third-order valence-electron chi connectivity index (χ3n) is 6.18. The van der Waals surface area contributed by atoms with Gasteiger partial charge in [0, 0.05) is 38.1 Å². The van der Waals surface area contributed by atoms with E-state index in [9.17, 15) is 26.3 Å². The van der Waals surface area contributed by atoms with Crippen molar-refractivity contribution in [2.45, 2.75) is 62.8 Å². The van der Waals surface area contributed by atoms with Gasteiger partial charge in [-0.1, -0.05) is 6.07 Å². The van der Waals surface area contributed by atoms with Gasteiger partial charge in [-0.2, -0.15) is 26.3 Å². The Kier molecular flexibility index (Phi) is 12.2. The normalized spacial score (nSPS) is 24.0. The molecule has 2 aliphatic heterocycles. The molecule has 1 saturated carbocycles. The third kappa shape index (κ3) is 10.7. The van der Waals surface area contributed by atoms with Crippen LogP contribution in [0, 0.1) is 0 Å². The lowest BCUT2D eigenvalue weighted by Crippen LogP contribution is -2.51. The van der Waals surface area contributed by atoms with E-state index in [0.29, 0.717) is 6.04 Å². The van der Waals surface area contributed by atoms with Crippen LogP contribution in [0.2, 0.25) is 0 Å². The molecule has 3 aliphatic rings. The summed E-state index contributed by atoms with van der Waals surface area (Å²) >= 11 is 0. The summed E-state index contributed by atoms with van der Waals surface area (Å²) in [6, 6.07) is 4.68. The van der Waals surface area contributed by atoms with Crippen LogP contribution in [0.5, 0.6) is 0 Å². The summed E-state index contributed by atoms with van der Waals surface area (Å²) in [5.74, 6) is -5.51. The Balaban J connectivity index is 0.000000301. The molecule has 4 rings (SSSR count). The number of carboxylic acids is 2. The van der Waals surface area contributed by atoms with Gasteiger partial charge in [0.25, 0.3) is 0 Å². The summed E-state index contributed by atoms with van der Waals surface area (Å²) in [5.41, 5.74) is 1.29. The molecule has 0 spiro atoms. The Bertz CT molecular complexity index is 843. The fourth-order valence-electron chi connectivity index (χ4n) is 4.43. The van der Waals surface area contributed by atoms with Crippen LogP contribution in [0.4, 0.5) is 26.3 Å². The lowest BCUT2D eigenvalue weighted by molar-refractivity contribution is -0.193. The maximum Gasteiger partial charge on any atom is 0.490 e. The molecule has 9 nitrogen and oxygen atoms in total. The molecule has 2 N–H and O–H groups in total. The topological polar surface area (TPSA) is 112 Å². The highest BCUT2D eigenvalue weighted by molar-refractivity contribution is 5.73. The van der Waals surface area contributed by atoms with E-state index in [4.69, 9.17) is 29.3 Å². The number of pyridine rings is 1. The molecule has 15 heteroatoms. The minimum Gasteiger partial charge on any atom is -0.475 e. The van der Waals surface area contributed by atoms with Gasteiger partial charge in [-0.25, -0.2) is 9.59 Å². The van der Waals surface area contributed by atoms with Crippen LogP contribution >= 0.6 is 0 Å². The summed E-state index contributed by atoms with van der Waals surface area (Å²) in [4.78, 5) is 27.1. The zero-order valence-electron chi connectivity index (χ0n) is 20.5. The van der Waals surface area contributed by atoms with E-state index in [1.165, 1.54) is 37.9 Å². The van der Waals surface area contributed by atoms with Crippen LogP contribution in [0.25, 0.3) is 0 Å². The van der Waals surface area contributed by atoms with Gasteiger partial charge in [0.2, 0.25) is 0 Å². The van der Waals surface area contributed by atoms with Crippen LogP contribution in [0.15, 0.2) is 24.5 Å². The van der Waals surface area contributed by atoms with Gasteiger partial charge in [0.1, 0.15) is 0 Å². The van der Waals surface area contributed by atoms with Gasteiger partial charge in [-0.3, -0.25) is 9.88 Å². The maximum absolute atomic E-state index is 10.6. The first kappa shape index (κ1) is 31.7. The number of hydrogen-bond acceptors (Lipinski definition) is 7. The summed E-state index contributed by atoms with van der Waals surface area (Å²) in [6.45, 7) is 7.21. The van der Waals surface area contributed by atoms with E-state index in [1.54, 1.807) is 0 Å². The first-order valence-electron chi connectivity index (χ1n) is 12.0. The second-order valence-corrected chi connectivity index (χ2v) is 8.88. The quantitative estimate of drug-likeness (QED) is 0.508. The lowest BCUT2D eigenvalue weighted by Gasteiger charge is -2.39. The number of carbonyl (C=O) groups is 2. The highest BCUT2D eigenvalue weighted by Crippen LogP contribution is 2.33. The number of nitrogens with zero attached hydrogens (tertiary/aromatic N) is 3. The number of aliphatic carboxylic acids is 2. The summed E-state index contributed by atoms with van der Waals surface area (Å²) in [7, 11) is 0. The van der Waals surface area contributed by atoms with Crippen molar-refractivity contribution < 1.29 is 55.6 Å². The van der Waals surface area contributed by atoms with Gasteiger partial charge in [-0.15, -0.1) is 0 Å². The molecule has 0 bridgehead atoms. The Morgan fingerprint density at radius 3 is 2.16 bits per heavy atom. The predicted molar refractivity (Wildman–Crippen MR) is 120 cm³/mol. The number of aromatic nitrogens is 1. The van der Waals surface area contributed by atoms with Crippen molar-refractivity contribution in [2.24, 2.45) is 0 Å². The SMILES string of the molecule is O=C(O)C(F)(F)F.O=C(O)C(F)(F)F.c1cncc(CN2CCO[C@H]3[C@H](OCCN4CCCC4)CC[C@@H]32)c1. The number of hydrogen-bond donors (Lipinski definition) is 2. The molecule has 1 aromatic heterocycles. The van der Waals surface area contributed by atoms with Crippen molar-refractivity contribution in [3.05, 3.63) is 30.1 Å². The highest BCUT2D eigenvalue weighted by atomic mass is 19.4. The van der Waals surface area contributed by atoms with E-state index in [2.05, 4.69) is 20.9 Å². The monoisotopic (exact) mass is 559 g/mol. The largest absolute Gasteiger partial charge is 0.490 e. The number of rotatable bonds is 6. The zero-order chi connectivity index (χ0) is 28.3. The fraction of sp³-hybridized carbons (Fsp3) is 0.696. The first-order valence-corrected chi connectivity index (χ1v) is 12.0. The first-order chi connectivity index (χ1) is 17.8. The minimum atomic E-state index is -5.08. The average molecular weight is 560 g/mol. The predicted octanol–water partition coefficient (Wildman–Crippen LogP) is 3.19. The van der Waals surface area contributed by atoms with E-state index < -0.39 is 24.3 Å². The Hall–Kier alpha value is -2.49. The molecule has 3 heterocycles. The van der Waals surface area contributed by atoms with Crippen LogP contribution in [-0.2, 0) is 25.6 Å². The molecule has 38 heavy (non-hydrogen) atoms. The number of likely N-dealkylation sites (tertiary alicyclic amines) is 1.